The molecule has 8 nitrogen and oxygen atoms in total. The first kappa shape index (κ1) is 16.6. The van der Waals surface area contributed by atoms with Gasteiger partial charge in [0.15, 0.2) is 0 Å². The highest BCUT2D eigenvalue weighted by Gasteiger charge is 2.82. The maximum atomic E-state index is 13.2. The van der Waals surface area contributed by atoms with Crippen molar-refractivity contribution in [1.82, 2.24) is 0 Å². The molecule has 7 rings (SSSR count). The summed E-state index contributed by atoms with van der Waals surface area (Å²) in [6.45, 7) is -0.330. The lowest BCUT2D eigenvalue weighted by Crippen LogP contribution is -2.78. The predicted molar refractivity (Wildman–Crippen MR) is 88.3 cm³/mol. The highest BCUT2D eigenvalue weighted by molar-refractivity contribution is 5.94. The Labute approximate surface area is 160 Å². The van der Waals surface area contributed by atoms with Gasteiger partial charge in [0.25, 0.3) is 0 Å². The third-order valence-electron chi connectivity index (χ3n) is 8.14. The van der Waals surface area contributed by atoms with Gasteiger partial charge < -0.3 is 23.7 Å². The van der Waals surface area contributed by atoms with Crippen LogP contribution in [0.2, 0.25) is 0 Å². The van der Waals surface area contributed by atoms with Crippen LogP contribution in [-0.4, -0.2) is 41.3 Å². The van der Waals surface area contributed by atoms with Gasteiger partial charge in [-0.25, -0.2) is 4.79 Å². The van der Waals surface area contributed by atoms with Crippen molar-refractivity contribution in [2.75, 3.05) is 6.61 Å². The molecule has 4 bridgehead atoms. The maximum absolute atomic E-state index is 13.2. The molecular weight excluding hydrogens is 368 g/mol. The predicted octanol–water partition coefficient (Wildman–Crippen LogP) is 1.27. The smallest absolute Gasteiger partial charge is 0.351 e. The lowest BCUT2D eigenvalue weighted by atomic mass is 9.39. The Morgan fingerprint density at radius 2 is 1.96 bits per heavy atom. The molecule has 2 spiro atoms. The van der Waals surface area contributed by atoms with Crippen LogP contribution in [0.1, 0.15) is 43.8 Å². The van der Waals surface area contributed by atoms with E-state index < -0.39 is 40.4 Å². The van der Waals surface area contributed by atoms with Crippen molar-refractivity contribution in [1.29, 1.82) is 0 Å². The number of hydrogen-bond donors (Lipinski definition) is 1. The van der Waals surface area contributed by atoms with Crippen molar-refractivity contribution in [3.63, 3.8) is 0 Å². The molecule has 6 fully saturated rings. The molecule has 8 heteroatoms. The Balaban J connectivity index is 1.54. The zero-order valence-corrected chi connectivity index (χ0v) is 15.1. The van der Waals surface area contributed by atoms with Crippen LogP contribution in [0.3, 0.4) is 0 Å². The number of carbonyl (C=O) groups is 3. The lowest BCUT2D eigenvalue weighted by Gasteiger charge is -2.68. The fraction of sp³-hybridized carbons (Fsp3) is 0.650. The number of fused-ring (bicyclic) bond motifs is 4. The van der Waals surface area contributed by atoms with Crippen LogP contribution in [0.4, 0.5) is 0 Å². The van der Waals surface area contributed by atoms with Gasteiger partial charge in [0.05, 0.1) is 35.9 Å². The van der Waals surface area contributed by atoms with E-state index in [2.05, 4.69) is 0 Å². The summed E-state index contributed by atoms with van der Waals surface area (Å²) in [7, 11) is 0. The second kappa shape index (κ2) is 4.97. The summed E-state index contributed by atoms with van der Waals surface area (Å²) in [4.78, 5) is 38.9. The van der Waals surface area contributed by atoms with Crippen molar-refractivity contribution >= 4 is 17.9 Å². The van der Waals surface area contributed by atoms with E-state index in [1.807, 2.05) is 0 Å². The van der Waals surface area contributed by atoms with Gasteiger partial charge in [0.2, 0.25) is 5.60 Å². The molecule has 5 heterocycles. The topological polar surface area (TPSA) is 112 Å². The SMILES string of the molecule is O=C1OC2C[C@H]1[C@]13CC[C@@]4(OC1=O)C(=O)O[C@H](c1ccoc1)C[C@@]4(CO)[C@@H]3C2. The first-order valence-corrected chi connectivity index (χ1v) is 9.75. The fourth-order valence-electron chi connectivity index (χ4n) is 6.91. The third kappa shape index (κ3) is 1.58. The number of aliphatic hydroxyl groups is 1. The fourth-order valence-corrected chi connectivity index (χ4v) is 6.91. The van der Waals surface area contributed by atoms with Crippen molar-refractivity contribution < 1.29 is 38.1 Å². The molecule has 1 aromatic rings. The van der Waals surface area contributed by atoms with E-state index in [0.29, 0.717) is 31.2 Å². The van der Waals surface area contributed by atoms with Crippen molar-refractivity contribution in [3.05, 3.63) is 24.2 Å². The van der Waals surface area contributed by atoms with Crippen molar-refractivity contribution in [2.24, 2.45) is 22.7 Å². The molecule has 0 amide bonds. The van der Waals surface area contributed by atoms with Gasteiger partial charge in [0, 0.05) is 18.4 Å². The van der Waals surface area contributed by atoms with E-state index in [1.54, 1.807) is 6.07 Å². The summed E-state index contributed by atoms with van der Waals surface area (Å²) in [5.41, 5.74) is -2.86. The van der Waals surface area contributed by atoms with Crippen LogP contribution >= 0.6 is 0 Å². The quantitative estimate of drug-likeness (QED) is 0.595. The van der Waals surface area contributed by atoms with Gasteiger partial charge in [-0.1, -0.05) is 0 Å². The van der Waals surface area contributed by atoms with Crippen molar-refractivity contribution in [2.45, 2.75) is 49.9 Å². The molecule has 0 radical (unpaired) electrons. The molecule has 0 aromatic carbocycles. The highest BCUT2D eigenvalue weighted by atomic mass is 16.6. The number of furan rings is 1. The monoisotopic (exact) mass is 388 g/mol. The summed E-state index contributed by atoms with van der Waals surface area (Å²) in [6, 6.07) is 1.72. The average Bonchev–Trinajstić information content (AvgIpc) is 3.32. The summed E-state index contributed by atoms with van der Waals surface area (Å²) >= 11 is 0. The largest absolute Gasteiger partial charge is 0.472 e. The molecule has 28 heavy (non-hydrogen) atoms. The molecule has 2 saturated carbocycles. The molecule has 1 N–H and O–H groups in total. The number of rotatable bonds is 2. The number of carbonyl (C=O) groups excluding carboxylic acids is 3. The third-order valence-corrected chi connectivity index (χ3v) is 8.14. The number of esters is 3. The second-order valence-electron chi connectivity index (χ2n) is 8.86. The minimum absolute atomic E-state index is 0.251. The lowest BCUT2D eigenvalue weighted by molar-refractivity contribution is -0.309. The van der Waals surface area contributed by atoms with Gasteiger partial charge in [-0.15, -0.1) is 0 Å². The van der Waals surface area contributed by atoms with E-state index >= 15 is 0 Å². The van der Waals surface area contributed by atoms with Gasteiger partial charge in [-0.05, 0) is 31.2 Å². The molecule has 6 aliphatic rings. The van der Waals surface area contributed by atoms with E-state index in [-0.39, 0.29) is 31.0 Å². The minimum Gasteiger partial charge on any atom is -0.472 e. The van der Waals surface area contributed by atoms with E-state index in [1.165, 1.54) is 12.5 Å². The van der Waals surface area contributed by atoms with Crippen LogP contribution in [0.25, 0.3) is 0 Å². The van der Waals surface area contributed by atoms with Gasteiger partial charge in [0.1, 0.15) is 12.2 Å². The number of aliphatic hydroxyl groups excluding tert-OH is 1. The number of ether oxygens (including phenoxy) is 3. The molecule has 4 saturated heterocycles. The molecule has 2 aliphatic carbocycles. The Hall–Kier alpha value is -2.35. The summed E-state index contributed by atoms with van der Waals surface area (Å²) < 4.78 is 22.1. The molecular formula is C20H20O8. The first-order chi connectivity index (χ1) is 13.5. The van der Waals surface area contributed by atoms with Crippen LogP contribution in [-0.2, 0) is 28.6 Å². The zero-order chi connectivity index (χ0) is 19.3. The Kier molecular flexibility index (Phi) is 2.95. The Morgan fingerprint density at radius 3 is 2.68 bits per heavy atom. The molecule has 148 valence electrons. The van der Waals surface area contributed by atoms with E-state index in [0.717, 1.165) is 0 Å². The second-order valence-corrected chi connectivity index (χ2v) is 8.86. The summed E-state index contributed by atoms with van der Waals surface area (Å²) in [5, 5.41) is 10.7. The van der Waals surface area contributed by atoms with Gasteiger partial charge >= 0.3 is 17.9 Å². The zero-order valence-electron chi connectivity index (χ0n) is 15.1. The molecule has 1 unspecified atom stereocenters. The van der Waals surface area contributed by atoms with Gasteiger partial charge in [-0.3, -0.25) is 9.59 Å². The normalized spacial score (nSPS) is 48.4. The highest BCUT2D eigenvalue weighted by Crippen LogP contribution is 2.73. The Morgan fingerprint density at radius 1 is 1.11 bits per heavy atom. The van der Waals surface area contributed by atoms with Crippen molar-refractivity contribution in [3.8, 4) is 0 Å². The van der Waals surface area contributed by atoms with Crippen LogP contribution in [0.5, 0.6) is 0 Å². The number of hydrogen-bond acceptors (Lipinski definition) is 8. The standard InChI is InChI=1S/C20H20O8/c21-9-18-7-13(10-1-4-25-8-10)27-17(24)20(18)3-2-19(16(23)28-20)12-5-11(6-14(18)19)26-15(12)22/h1,4,8,11-14,21H,2-3,5-7,9H2/t11?,12-,13+,14+,18-,19+,20-/m1/s1. The first-order valence-electron chi connectivity index (χ1n) is 9.75. The molecule has 4 aliphatic heterocycles. The molecule has 1 aromatic heterocycles. The van der Waals surface area contributed by atoms with Crippen LogP contribution < -0.4 is 0 Å². The minimum atomic E-state index is -1.51. The van der Waals surface area contributed by atoms with Crippen LogP contribution in [0, 0.1) is 22.7 Å². The van der Waals surface area contributed by atoms with E-state index in [9.17, 15) is 19.5 Å². The summed E-state index contributed by atoms with van der Waals surface area (Å²) in [5.74, 6) is -2.45. The Bertz CT molecular complexity index is 892. The summed E-state index contributed by atoms with van der Waals surface area (Å²) in [6.07, 6.45) is 4.00. The average molecular weight is 388 g/mol. The van der Waals surface area contributed by atoms with Crippen LogP contribution in [0.15, 0.2) is 23.0 Å². The molecule has 7 atom stereocenters. The number of cyclic esters (lactones) is 1. The van der Waals surface area contributed by atoms with E-state index in [4.69, 9.17) is 18.6 Å². The maximum Gasteiger partial charge on any atom is 0.351 e. The van der Waals surface area contributed by atoms with Gasteiger partial charge in [-0.2, -0.15) is 0 Å².